The van der Waals surface area contributed by atoms with Crippen molar-refractivity contribution in [3.8, 4) is 0 Å². The first kappa shape index (κ1) is 10.9. The fourth-order valence-electron chi connectivity index (χ4n) is 2.18. The minimum atomic E-state index is 0.129. The molecule has 1 aromatic carbocycles. The predicted molar refractivity (Wildman–Crippen MR) is 66.3 cm³/mol. The monoisotopic (exact) mass is 215 g/mol. The molecule has 1 atom stereocenters. The summed E-state index contributed by atoms with van der Waals surface area (Å²) in [6, 6.07) is 10.3. The van der Waals surface area contributed by atoms with E-state index in [1.807, 2.05) is 18.2 Å². The molecule has 16 heavy (non-hydrogen) atoms. The number of anilines is 1. The zero-order chi connectivity index (χ0) is 11.5. The van der Waals surface area contributed by atoms with Gasteiger partial charge < -0.3 is 4.90 Å². The van der Waals surface area contributed by atoms with Crippen molar-refractivity contribution < 1.29 is 4.79 Å². The summed E-state index contributed by atoms with van der Waals surface area (Å²) in [5, 5.41) is 0. The molecule has 0 amide bonds. The number of allylic oxidation sites excluding steroid dienone is 2. The number of carbonyl (C=O) groups excluding carboxylic acids is 1. The van der Waals surface area contributed by atoms with Gasteiger partial charge in [0.2, 0.25) is 0 Å². The fraction of sp³-hybridized carbons (Fsp3) is 0.357. The highest BCUT2D eigenvalue weighted by molar-refractivity contribution is 5.88. The summed E-state index contributed by atoms with van der Waals surface area (Å²) in [6.07, 6.45) is 2.89. The van der Waals surface area contributed by atoms with E-state index in [0.29, 0.717) is 5.92 Å². The van der Waals surface area contributed by atoms with Crippen molar-refractivity contribution in [2.24, 2.45) is 5.92 Å². The van der Waals surface area contributed by atoms with Crippen molar-refractivity contribution in [3.63, 3.8) is 0 Å². The smallest absolute Gasteiger partial charge is 0.154 e. The number of carbonyl (C=O) groups is 1. The van der Waals surface area contributed by atoms with Gasteiger partial charge in [-0.1, -0.05) is 25.1 Å². The minimum absolute atomic E-state index is 0.129. The van der Waals surface area contributed by atoms with Gasteiger partial charge in [-0.25, -0.2) is 0 Å². The summed E-state index contributed by atoms with van der Waals surface area (Å²) in [6.45, 7) is 4.79. The van der Waals surface area contributed by atoms with Gasteiger partial charge in [0.15, 0.2) is 5.78 Å². The number of nitrogens with zero attached hydrogens (tertiary/aromatic N) is 1. The first-order valence-electron chi connectivity index (χ1n) is 5.73. The number of ketones is 1. The number of benzene rings is 1. The maximum atomic E-state index is 11.2. The van der Waals surface area contributed by atoms with Crippen LogP contribution in [0.5, 0.6) is 0 Å². The quantitative estimate of drug-likeness (QED) is 0.707. The molecular weight excluding hydrogens is 198 g/mol. The van der Waals surface area contributed by atoms with E-state index >= 15 is 0 Å². The molecule has 0 bridgehead atoms. The van der Waals surface area contributed by atoms with E-state index in [4.69, 9.17) is 0 Å². The molecular formula is C14H17NO. The Bertz CT molecular complexity index is 408. The van der Waals surface area contributed by atoms with Crippen LogP contribution < -0.4 is 4.90 Å². The Morgan fingerprint density at radius 3 is 2.69 bits per heavy atom. The molecule has 0 spiro atoms. The molecule has 0 N–H and O–H groups in total. The summed E-state index contributed by atoms with van der Waals surface area (Å²) in [4.78, 5) is 13.5. The van der Waals surface area contributed by atoms with E-state index in [1.54, 1.807) is 13.0 Å². The van der Waals surface area contributed by atoms with Gasteiger partial charge in [0.05, 0.1) is 0 Å². The van der Waals surface area contributed by atoms with E-state index in [0.717, 1.165) is 18.7 Å². The molecule has 0 aromatic heterocycles. The van der Waals surface area contributed by atoms with E-state index in [1.165, 1.54) is 5.69 Å². The lowest BCUT2D eigenvalue weighted by atomic mass is 10.1. The lowest BCUT2D eigenvalue weighted by Gasteiger charge is -2.21. The zero-order valence-electron chi connectivity index (χ0n) is 9.81. The first-order valence-corrected chi connectivity index (χ1v) is 5.73. The summed E-state index contributed by atoms with van der Waals surface area (Å²) in [5.41, 5.74) is 2.33. The Labute approximate surface area is 96.6 Å². The van der Waals surface area contributed by atoms with Crippen molar-refractivity contribution in [2.45, 2.75) is 20.3 Å². The van der Waals surface area contributed by atoms with E-state index in [-0.39, 0.29) is 5.78 Å². The van der Waals surface area contributed by atoms with E-state index in [9.17, 15) is 4.79 Å². The van der Waals surface area contributed by atoms with Gasteiger partial charge >= 0.3 is 0 Å². The Hall–Kier alpha value is -1.57. The maximum absolute atomic E-state index is 11.2. The molecule has 1 saturated heterocycles. The van der Waals surface area contributed by atoms with Crippen LogP contribution in [0.2, 0.25) is 0 Å². The predicted octanol–water partition coefficient (Wildman–Crippen LogP) is 3.01. The van der Waals surface area contributed by atoms with Crippen LogP contribution in [0, 0.1) is 5.92 Å². The molecule has 1 aliphatic heterocycles. The summed E-state index contributed by atoms with van der Waals surface area (Å²) < 4.78 is 0. The molecule has 1 unspecified atom stereocenters. The maximum Gasteiger partial charge on any atom is 0.154 e. The third-order valence-corrected chi connectivity index (χ3v) is 3.02. The molecule has 2 nitrogen and oxygen atoms in total. The molecule has 84 valence electrons. The SMILES string of the molecule is CC(=O)C=C1C(C)CCN1c1ccccc1. The molecule has 0 aliphatic carbocycles. The second kappa shape index (κ2) is 4.52. The van der Waals surface area contributed by atoms with Crippen molar-refractivity contribution >= 4 is 11.5 Å². The summed E-state index contributed by atoms with van der Waals surface area (Å²) >= 11 is 0. The van der Waals surface area contributed by atoms with Crippen LogP contribution in [0.4, 0.5) is 5.69 Å². The average Bonchev–Trinajstić information content (AvgIpc) is 2.61. The normalized spacial score (nSPS) is 22.8. The fourth-order valence-corrected chi connectivity index (χ4v) is 2.18. The van der Waals surface area contributed by atoms with Crippen molar-refractivity contribution in [3.05, 3.63) is 42.1 Å². The molecule has 0 saturated carbocycles. The molecule has 1 heterocycles. The molecule has 1 aromatic rings. The third kappa shape index (κ3) is 2.16. The lowest BCUT2D eigenvalue weighted by Crippen LogP contribution is -2.17. The Balaban J connectivity index is 2.32. The van der Waals surface area contributed by atoms with Crippen molar-refractivity contribution in [1.29, 1.82) is 0 Å². The molecule has 0 radical (unpaired) electrons. The molecule has 2 rings (SSSR count). The minimum Gasteiger partial charge on any atom is -0.345 e. The highest BCUT2D eigenvalue weighted by Crippen LogP contribution is 2.32. The molecule has 2 heteroatoms. The van der Waals surface area contributed by atoms with Crippen LogP contribution in [-0.4, -0.2) is 12.3 Å². The van der Waals surface area contributed by atoms with Crippen LogP contribution >= 0.6 is 0 Å². The Kier molecular flexibility index (Phi) is 3.09. The van der Waals surface area contributed by atoms with Gasteiger partial charge in [-0.15, -0.1) is 0 Å². The van der Waals surface area contributed by atoms with E-state index in [2.05, 4.69) is 24.0 Å². The largest absolute Gasteiger partial charge is 0.345 e. The second-order valence-electron chi connectivity index (χ2n) is 4.36. The van der Waals surface area contributed by atoms with Crippen LogP contribution in [0.1, 0.15) is 20.3 Å². The van der Waals surface area contributed by atoms with Crippen molar-refractivity contribution in [1.82, 2.24) is 0 Å². The molecule has 1 aliphatic rings. The van der Waals surface area contributed by atoms with Gasteiger partial charge in [0, 0.05) is 24.0 Å². The van der Waals surface area contributed by atoms with Gasteiger partial charge in [0.1, 0.15) is 0 Å². The van der Waals surface area contributed by atoms with Crippen LogP contribution in [0.25, 0.3) is 0 Å². The van der Waals surface area contributed by atoms with Crippen molar-refractivity contribution in [2.75, 3.05) is 11.4 Å². The first-order chi connectivity index (χ1) is 7.68. The topological polar surface area (TPSA) is 20.3 Å². The lowest BCUT2D eigenvalue weighted by molar-refractivity contribution is -0.112. The van der Waals surface area contributed by atoms with Gasteiger partial charge in [-0.2, -0.15) is 0 Å². The van der Waals surface area contributed by atoms with Gasteiger partial charge in [-0.05, 0) is 31.4 Å². The third-order valence-electron chi connectivity index (χ3n) is 3.02. The number of hydrogen-bond donors (Lipinski definition) is 0. The number of para-hydroxylation sites is 1. The Morgan fingerprint density at radius 1 is 1.38 bits per heavy atom. The van der Waals surface area contributed by atoms with E-state index < -0.39 is 0 Å². The standard InChI is InChI=1S/C14H17NO/c1-11-8-9-15(14(11)10-12(2)16)13-6-4-3-5-7-13/h3-7,10-11H,8-9H2,1-2H3. The second-order valence-corrected chi connectivity index (χ2v) is 4.36. The number of hydrogen-bond acceptors (Lipinski definition) is 2. The number of rotatable bonds is 2. The van der Waals surface area contributed by atoms with Crippen LogP contribution in [0.15, 0.2) is 42.1 Å². The van der Waals surface area contributed by atoms with Gasteiger partial charge in [0.25, 0.3) is 0 Å². The molecule has 1 fully saturated rings. The highest BCUT2D eigenvalue weighted by atomic mass is 16.1. The van der Waals surface area contributed by atoms with Crippen LogP contribution in [-0.2, 0) is 4.79 Å². The van der Waals surface area contributed by atoms with Crippen LogP contribution in [0.3, 0.4) is 0 Å². The summed E-state index contributed by atoms with van der Waals surface area (Å²) in [7, 11) is 0. The van der Waals surface area contributed by atoms with Gasteiger partial charge in [-0.3, -0.25) is 4.79 Å². The summed E-state index contributed by atoms with van der Waals surface area (Å²) in [5.74, 6) is 0.605. The highest BCUT2D eigenvalue weighted by Gasteiger charge is 2.25. The zero-order valence-corrected chi connectivity index (χ0v) is 9.81. The average molecular weight is 215 g/mol. The Morgan fingerprint density at radius 2 is 2.06 bits per heavy atom.